The quantitative estimate of drug-likeness (QED) is 0.909. The minimum absolute atomic E-state index is 0.298. The summed E-state index contributed by atoms with van der Waals surface area (Å²) in [4.78, 5) is 17.8. The Bertz CT molecular complexity index is 667. The Labute approximate surface area is 117 Å². The lowest BCUT2D eigenvalue weighted by Crippen LogP contribution is -2.31. The van der Waals surface area contributed by atoms with Crippen molar-refractivity contribution < 1.29 is 9.90 Å². The van der Waals surface area contributed by atoms with Crippen LogP contribution in [-0.4, -0.2) is 22.6 Å². The van der Waals surface area contributed by atoms with Gasteiger partial charge in [-0.15, -0.1) is 0 Å². The highest BCUT2D eigenvalue weighted by atomic mass is 16.4. The van der Waals surface area contributed by atoms with Crippen LogP contribution >= 0.6 is 0 Å². The molecule has 1 aromatic carbocycles. The third-order valence-corrected chi connectivity index (χ3v) is 3.64. The predicted octanol–water partition coefficient (Wildman–Crippen LogP) is 2.65. The topological polar surface area (TPSA) is 53.4 Å². The van der Waals surface area contributed by atoms with Crippen molar-refractivity contribution in [3.8, 4) is 0 Å². The summed E-state index contributed by atoms with van der Waals surface area (Å²) in [6.45, 7) is 3.48. The Morgan fingerprint density at radius 2 is 2.00 bits per heavy atom. The molecule has 0 amide bonds. The molecule has 0 saturated heterocycles. The van der Waals surface area contributed by atoms with Gasteiger partial charge in [0.05, 0.1) is 5.56 Å². The fourth-order valence-electron chi connectivity index (χ4n) is 2.63. The van der Waals surface area contributed by atoms with E-state index in [1.54, 1.807) is 12.1 Å². The van der Waals surface area contributed by atoms with E-state index in [0.29, 0.717) is 5.56 Å². The van der Waals surface area contributed by atoms with Crippen molar-refractivity contribution in [2.24, 2.45) is 0 Å². The van der Waals surface area contributed by atoms with Crippen LogP contribution in [0.1, 0.15) is 27.2 Å². The van der Waals surface area contributed by atoms with Gasteiger partial charge in [0.1, 0.15) is 5.82 Å². The van der Waals surface area contributed by atoms with E-state index in [2.05, 4.69) is 28.1 Å². The van der Waals surface area contributed by atoms with Crippen LogP contribution in [0.4, 0.5) is 5.82 Å². The second-order valence-electron chi connectivity index (χ2n) is 5.10. The molecule has 4 heteroatoms. The van der Waals surface area contributed by atoms with Crippen LogP contribution in [0.2, 0.25) is 0 Å². The van der Waals surface area contributed by atoms with E-state index in [1.165, 1.54) is 11.1 Å². The molecule has 1 aromatic heterocycles. The van der Waals surface area contributed by atoms with Crippen molar-refractivity contribution in [3.63, 3.8) is 0 Å². The number of aryl methyl sites for hydroxylation is 1. The molecular formula is C16H16N2O2. The van der Waals surface area contributed by atoms with Crippen LogP contribution < -0.4 is 4.90 Å². The van der Waals surface area contributed by atoms with Crippen molar-refractivity contribution in [2.75, 3.05) is 11.4 Å². The lowest BCUT2D eigenvalue weighted by atomic mass is 10.00. The van der Waals surface area contributed by atoms with Crippen molar-refractivity contribution >= 4 is 11.8 Å². The number of carboxylic acids is 1. The van der Waals surface area contributed by atoms with E-state index in [9.17, 15) is 4.79 Å². The van der Waals surface area contributed by atoms with Gasteiger partial charge in [0, 0.05) is 18.8 Å². The molecule has 3 rings (SSSR count). The average molecular weight is 268 g/mol. The van der Waals surface area contributed by atoms with Crippen LogP contribution in [0.15, 0.2) is 36.4 Å². The van der Waals surface area contributed by atoms with E-state index in [4.69, 9.17) is 5.11 Å². The van der Waals surface area contributed by atoms with Crippen molar-refractivity contribution in [2.45, 2.75) is 19.9 Å². The van der Waals surface area contributed by atoms with Crippen molar-refractivity contribution in [3.05, 3.63) is 58.8 Å². The zero-order chi connectivity index (χ0) is 14.1. The summed E-state index contributed by atoms with van der Waals surface area (Å²) < 4.78 is 0. The number of fused-ring (bicyclic) bond motifs is 1. The summed E-state index contributed by atoms with van der Waals surface area (Å²) >= 11 is 0. The Morgan fingerprint density at radius 3 is 2.75 bits per heavy atom. The zero-order valence-electron chi connectivity index (χ0n) is 11.3. The second-order valence-corrected chi connectivity index (χ2v) is 5.10. The summed E-state index contributed by atoms with van der Waals surface area (Å²) in [6, 6.07) is 11.6. The first-order valence-corrected chi connectivity index (χ1v) is 6.67. The Kier molecular flexibility index (Phi) is 3.14. The molecule has 1 aliphatic heterocycles. The van der Waals surface area contributed by atoms with E-state index in [1.807, 2.05) is 13.0 Å². The van der Waals surface area contributed by atoms with Crippen LogP contribution in [0.5, 0.6) is 0 Å². The highest BCUT2D eigenvalue weighted by Gasteiger charge is 2.18. The largest absolute Gasteiger partial charge is 0.478 e. The fraction of sp³-hybridized carbons (Fsp3) is 0.250. The molecule has 2 aromatic rings. The van der Waals surface area contributed by atoms with E-state index < -0.39 is 5.97 Å². The van der Waals surface area contributed by atoms with Crippen LogP contribution in [0.3, 0.4) is 0 Å². The number of hydrogen-bond acceptors (Lipinski definition) is 3. The monoisotopic (exact) mass is 268 g/mol. The smallest absolute Gasteiger partial charge is 0.335 e. The molecule has 1 N–H and O–H groups in total. The van der Waals surface area contributed by atoms with Crippen LogP contribution in [-0.2, 0) is 13.0 Å². The normalized spacial score (nSPS) is 13.9. The maximum Gasteiger partial charge on any atom is 0.335 e. The third-order valence-electron chi connectivity index (χ3n) is 3.64. The summed E-state index contributed by atoms with van der Waals surface area (Å²) in [5.74, 6) is -0.161. The van der Waals surface area contributed by atoms with Gasteiger partial charge in [-0.2, -0.15) is 0 Å². The number of carbonyl (C=O) groups is 1. The highest BCUT2D eigenvalue weighted by molar-refractivity contribution is 5.88. The lowest BCUT2D eigenvalue weighted by molar-refractivity contribution is 0.0696. The number of carboxylic acid groups (broad SMARTS) is 1. The first kappa shape index (κ1) is 12.7. The second kappa shape index (κ2) is 4.96. The maximum atomic E-state index is 11.1. The van der Waals surface area contributed by atoms with Gasteiger partial charge in [0.15, 0.2) is 0 Å². The van der Waals surface area contributed by atoms with Gasteiger partial charge in [-0.25, -0.2) is 9.78 Å². The molecule has 0 aliphatic carbocycles. The number of aromatic nitrogens is 1. The standard InChI is InChI=1S/C16H16N2O2/c1-11-8-14(16(19)20)9-15(17-11)18-7-6-12-4-2-3-5-13(12)10-18/h2-5,8-9H,6-7,10H2,1H3,(H,19,20). The Balaban J connectivity index is 1.93. The molecule has 20 heavy (non-hydrogen) atoms. The maximum absolute atomic E-state index is 11.1. The fourth-order valence-corrected chi connectivity index (χ4v) is 2.63. The minimum atomic E-state index is -0.908. The number of nitrogens with zero attached hydrogens (tertiary/aromatic N) is 2. The molecule has 2 heterocycles. The molecule has 0 bridgehead atoms. The van der Waals surface area contributed by atoms with Gasteiger partial charge in [-0.05, 0) is 36.6 Å². The van der Waals surface area contributed by atoms with Gasteiger partial charge in [0.25, 0.3) is 0 Å². The predicted molar refractivity (Wildman–Crippen MR) is 77.1 cm³/mol. The molecule has 0 spiro atoms. The average Bonchev–Trinajstić information content (AvgIpc) is 2.46. The van der Waals surface area contributed by atoms with Gasteiger partial charge >= 0.3 is 5.97 Å². The molecule has 4 nitrogen and oxygen atoms in total. The zero-order valence-corrected chi connectivity index (χ0v) is 11.3. The van der Waals surface area contributed by atoms with Crippen molar-refractivity contribution in [1.82, 2.24) is 4.98 Å². The third kappa shape index (κ3) is 2.37. The summed E-state index contributed by atoms with van der Waals surface area (Å²) in [6.07, 6.45) is 0.966. The van der Waals surface area contributed by atoms with Gasteiger partial charge in [0.2, 0.25) is 0 Å². The van der Waals surface area contributed by atoms with E-state index >= 15 is 0 Å². The van der Waals surface area contributed by atoms with Gasteiger partial charge in [-0.3, -0.25) is 0 Å². The number of benzene rings is 1. The molecule has 102 valence electrons. The number of anilines is 1. The van der Waals surface area contributed by atoms with Crippen LogP contribution in [0.25, 0.3) is 0 Å². The molecule has 0 radical (unpaired) electrons. The Morgan fingerprint density at radius 1 is 1.25 bits per heavy atom. The number of rotatable bonds is 2. The van der Waals surface area contributed by atoms with Gasteiger partial charge < -0.3 is 10.0 Å². The van der Waals surface area contributed by atoms with E-state index in [-0.39, 0.29) is 0 Å². The number of hydrogen-bond donors (Lipinski definition) is 1. The van der Waals surface area contributed by atoms with Crippen LogP contribution in [0, 0.1) is 6.92 Å². The van der Waals surface area contributed by atoms with E-state index in [0.717, 1.165) is 31.0 Å². The first-order valence-electron chi connectivity index (χ1n) is 6.67. The van der Waals surface area contributed by atoms with Gasteiger partial charge in [-0.1, -0.05) is 24.3 Å². The highest BCUT2D eigenvalue weighted by Crippen LogP contribution is 2.24. The SMILES string of the molecule is Cc1cc(C(=O)O)cc(N2CCc3ccccc3C2)n1. The molecule has 1 aliphatic rings. The summed E-state index contributed by atoms with van der Waals surface area (Å²) in [7, 11) is 0. The molecular weight excluding hydrogens is 252 g/mol. The summed E-state index contributed by atoms with van der Waals surface area (Å²) in [5.41, 5.74) is 3.69. The number of pyridine rings is 1. The molecule has 0 fully saturated rings. The summed E-state index contributed by atoms with van der Waals surface area (Å²) in [5, 5.41) is 9.14. The first-order chi connectivity index (χ1) is 9.63. The minimum Gasteiger partial charge on any atom is -0.478 e. The molecule has 0 saturated carbocycles. The number of aromatic carboxylic acids is 1. The Hall–Kier alpha value is -2.36. The van der Waals surface area contributed by atoms with Crippen molar-refractivity contribution in [1.29, 1.82) is 0 Å². The molecule has 0 atom stereocenters. The lowest BCUT2D eigenvalue weighted by Gasteiger charge is -2.30. The molecule has 0 unspecified atom stereocenters.